The van der Waals surface area contributed by atoms with Crippen LogP contribution in [0.1, 0.15) is 108 Å². The van der Waals surface area contributed by atoms with Crippen LogP contribution in [0.4, 0.5) is 0 Å². The van der Waals surface area contributed by atoms with E-state index in [9.17, 15) is 0 Å². The molecule has 0 unspecified atom stereocenters. The van der Waals surface area contributed by atoms with Gasteiger partial charge >= 0.3 is 0 Å². The molecular weight excluding hydrogens is 1210 g/mol. The van der Waals surface area contributed by atoms with E-state index in [0.717, 1.165) is 6.04 Å². The van der Waals surface area contributed by atoms with Gasteiger partial charge in [0, 0.05) is 15.9 Å². The van der Waals surface area contributed by atoms with Crippen LogP contribution in [0.3, 0.4) is 0 Å². The zero-order valence-electron chi connectivity index (χ0n) is 55.8. The van der Waals surface area contributed by atoms with Gasteiger partial charge in [0.2, 0.25) is 0 Å². The van der Waals surface area contributed by atoms with Gasteiger partial charge in [-0.3, -0.25) is 0 Å². The molecule has 1 aliphatic heterocycles. The summed E-state index contributed by atoms with van der Waals surface area (Å²) in [5, 5.41) is 92.6. The summed E-state index contributed by atoms with van der Waals surface area (Å²) < 4.78 is 0. The van der Waals surface area contributed by atoms with E-state index in [0.29, 0.717) is 0 Å². The van der Waals surface area contributed by atoms with E-state index in [1.54, 1.807) is 323 Å². The molecule has 0 N–H and O–H groups in total. The molecule has 2 spiro atoms. The first-order valence-corrected chi connectivity index (χ1v) is 39.5. The van der Waals surface area contributed by atoms with Gasteiger partial charge < -0.3 is 0 Å². The molecule has 0 amide bonds. The second kappa shape index (κ2) is 11.0. The predicted molar refractivity (Wildman–Crippen MR) is 427 cm³/mol. The van der Waals surface area contributed by atoms with Gasteiger partial charge in [0.25, 0.3) is 0 Å². The van der Waals surface area contributed by atoms with Gasteiger partial charge in [0.15, 0.2) is 0 Å². The number of aryl methyl sites for hydroxylation is 4. The van der Waals surface area contributed by atoms with Gasteiger partial charge in [0.05, 0.1) is 0 Å². The van der Waals surface area contributed by atoms with E-state index in [1.165, 1.54) is 44.5 Å². The molecule has 442 valence electrons. The Balaban J connectivity index is 1.00. The standard InChI is InChI=1S/C98H46Si/c1-26-21-32(94(5,6)7)22-27(2)92(26)99(93-28(3)23-33(24-29(93)4)95(8,9)10)25-96(30-17-13-11-14-18-30,31-19-15-12-16-20-31)97-88-80-72-62-52-44-36-34-35-38-42-40(36)48-56-50(42)60-54-46(38)47-39(35)43-41-37(34)45(44)53-59-49(41)57-51(43)61-55(47)65-64(54)76-70(60)78-68(56)74(66(72)58(48)52)82(88)84(78)90-86(76)87-77(65)71(61)79-69(57)75-67(59)73(63(53)62)81(80)89(97)83(75)85(79)91(87)98(90,97)99/h11-24H,25H2,1-10H3. The first-order chi connectivity index (χ1) is 48.2. The quantitative estimate of drug-likeness (QED) is 0.122. The molecule has 37 rings (SSSR count). The summed E-state index contributed by atoms with van der Waals surface area (Å²) in [5.74, 6) is 0. The fourth-order valence-electron chi connectivity index (χ4n) is 32.5. The first kappa shape index (κ1) is 44.5. The summed E-state index contributed by atoms with van der Waals surface area (Å²) >= 11 is 0. The van der Waals surface area contributed by atoms with E-state index in [2.05, 4.69) is 154 Å². The van der Waals surface area contributed by atoms with Crippen molar-refractivity contribution in [1.82, 2.24) is 0 Å². The van der Waals surface area contributed by atoms with Crippen LogP contribution in [0, 0.1) is 27.7 Å². The van der Waals surface area contributed by atoms with Crippen molar-refractivity contribution in [1.29, 1.82) is 0 Å². The molecule has 32 aromatic rings. The van der Waals surface area contributed by atoms with Gasteiger partial charge in [-0.2, -0.15) is 0 Å². The minimum absolute atomic E-state index is 0.0450. The molecule has 0 nitrogen and oxygen atoms in total. The normalized spacial score (nSPS) is 20.8. The van der Waals surface area contributed by atoms with Crippen LogP contribution in [0.2, 0.25) is 6.04 Å². The lowest BCUT2D eigenvalue weighted by atomic mass is 9.44. The average Bonchev–Trinajstić information content (AvgIpc) is 1.37. The summed E-state index contributed by atoms with van der Waals surface area (Å²) in [7, 11) is -3.78. The number of hydrogen-bond acceptors (Lipinski definition) is 0. The minimum Gasteiger partial charge on any atom is -0.0622 e. The molecule has 99 heavy (non-hydrogen) atoms. The Morgan fingerprint density at radius 3 is 0.616 bits per heavy atom. The summed E-state index contributed by atoms with van der Waals surface area (Å²) in [6.45, 7) is 25.5. The van der Waals surface area contributed by atoms with Crippen molar-refractivity contribution in [2.45, 2.75) is 102 Å². The predicted octanol–water partition coefficient (Wildman–Crippen LogP) is 24.9. The molecule has 1 heteroatoms. The van der Waals surface area contributed by atoms with Crippen LogP contribution < -0.4 is 10.4 Å². The van der Waals surface area contributed by atoms with Crippen LogP contribution in [0.5, 0.6) is 0 Å². The number of benzene rings is 22. The Labute approximate surface area is 559 Å². The average molecular weight is 1250 g/mol. The highest BCUT2D eigenvalue weighted by atomic mass is 28.3. The minimum atomic E-state index is -3.78. The fraction of sp³-hybridized carbons (Fsp3) is 0.163. The van der Waals surface area contributed by atoms with Crippen LogP contribution in [0.25, 0.3) is 291 Å². The second-order valence-electron chi connectivity index (χ2n) is 37.4. The maximum Gasteiger partial charge on any atom is 0.137 e. The molecule has 0 atom stereocenters. The Bertz CT molecular complexity index is 8840. The van der Waals surface area contributed by atoms with Gasteiger partial charge in [0.1, 0.15) is 8.07 Å². The largest absolute Gasteiger partial charge is 0.137 e. The van der Waals surface area contributed by atoms with Crippen molar-refractivity contribution < 1.29 is 0 Å². The molecule has 1 heterocycles. The molecule has 32 aromatic carbocycles. The van der Waals surface area contributed by atoms with Crippen molar-refractivity contribution >= 4 is 309 Å². The van der Waals surface area contributed by atoms with E-state index >= 15 is 0 Å². The van der Waals surface area contributed by atoms with Crippen molar-refractivity contribution in [3.8, 4) is 0 Å². The zero-order valence-corrected chi connectivity index (χ0v) is 56.8. The molecule has 1 saturated heterocycles. The molecule has 0 radical (unpaired) electrons. The van der Waals surface area contributed by atoms with Crippen LogP contribution in [-0.2, 0) is 26.7 Å². The Kier molecular flexibility index (Phi) is 4.93. The van der Waals surface area contributed by atoms with Crippen molar-refractivity contribution in [3.05, 3.63) is 152 Å². The molecular formula is C98H46Si. The third-order valence-electron chi connectivity index (χ3n) is 33.3. The second-order valence-corrected chi connectivity index (χ2v) is 41.4. The Hall–Kier alpha value is -10.4. The molecule has 4 aliphatic carbocycles. The smallest absolute Gasteiger partial charge is 0.0622 e. The summed E-state index contributed by atoms with van der Waals surface area (Å²) in [6.07, 6.45) is 0. The van der Waals surface area contributed by atoms with Gasteiger partial charge in [-0.25, -0.2) is 0 Å². The molecule has 1 fully saturated rings. The van der Waals surface area contributed by atoms with E-state index in [-0.39, 0.29) is 10.8 Å². The first-order valence-electron chi connectivity index (χ1n) is 37.3. The fourth-order valence-corrected chi connectivity index (χ4v) is 41.0. The van der Waals surface area contributed by atoms with Crippen LogP contribution in [-0.4, -0.2) is 8.07 Å². The highest BCUT2D eigenvalue weighted by Gasteiger charge is 2.87. The molecule has 5 aliphatic rings. The van der Waals surface area contributed by atoms with E-state index in [4.69, 9.17) is 0 Å². The molecule has 0 saturated carbocycles. The number of rotatable bonds is 4. The Morgan fingerprint density at radius 2 is 0.424 bits per heavy atom. The van der Waals surface area contributed by atoms with Gasteiger partial charge in [-0.05, 0) is 390 Å². The third-order valence-corrected chi connectivity index (χ3v) is 39.8. The lowest BCUT2D eigenvalue weighted by Gasteiger charge is -2.61. The highest BCUT2D eigenvalue weighted by molar-refractivity contribution is 7.08. The lowest BCUT2D eigenvalue weighted by molar-refractivity contribution is 0.312. The third kappa shape index (κ3) is 2.89. The maximum atomic E-state index is 2.77. The van der Waals surface area contributed by atoms with Gasteiger partial charge in [-0.1, -0.05) is 149 Å². The van der Waals surface area contributed by atoms with Crippen molar-refractivity contribution in [2.24, 2.45) is 0 Å². The number of hydrogen-bond donors (Lipinski definition) is 0. The van der Waals surface area contributed by atoms with E-state index in [1.807, 2.05) is 0 Å². The van der Waals surface area contributed by atoms with Crippen LogP contribution in [0.15, 0.2) is 84.9 Å². The highest BCUT2D eigenvalue weighted by Crippen LogP contribution is 2.90. The SMILES string of the molecule is Cc1cc(C(C)(C)C)cc(C)c1[Si]1(c2c(C)cc(C(C)(C)C)cc2C)CC(c2ccccc2)(c2ccccc2)C23c4c5c6c7c8c9c(c%10c%11c2c2c4c4c%12c5c5c6c6c8c8c%13c9c9c%10c%10c%11c%11c2c2c4c4c%12c%12c5c5c6c8c6c8c%13c9c9c%10c%10c%11c2c2c4c4c%12c5c6c5c8c9c%10c2c45)C731. The van der Waals surface area contributed by atoms with Crippen molar-refractivity contribution in [3.63, 3.8) is 0 Å². The lowest BCUT2D eigenvalue weighted by Crippen LogP contribution is -2.75. The molecule has 0 bridgehead atoms. The molecule has 0 aromatic heterocycles. The summed E-state index contributed by atoms with van der Waals surface area (Å²) in [6, 6.07) is 37.6. The summed E-state index contributed by atoms with van der Waals surface area (Å²) in [4.78, 5) is 0. The summed E-state index contributed by atoms with van der Waals surface area (Å²) in [5.41, 5.74) is 17.8. The van der Waals surface area contributed by atoms with Crippen molar-refractivity contribution in [2.75, 3.05) is 0 Å². The van der Waals surface area contributed by atoms with E-state index < -0.39 is 23.9 Å². The maximum absolute atomic E-state index is 3.78. The van der Waals surface area contributed by atoms with Gasteiger partial charge in [-0.15, -0.1) is 0 Å². The monoisotopic (exact) mass is 1250 g/mol. The van der Waals surface area contributed by atoms with Crippen LogP contribution >= 0.6 is 0 Å². The topological polar surface area (TPSA) is 0 Å². The Morgan fingerprint density at radius 1 is 0.242 bits per heavy atom. The zero-order chi connectivity index (χ0) is 62.9.